The maximum absolute atomic E-state index is 12.4. The third-order valence-corrected chi connectivity index (χ3v) is 4.96. The molecular formula is C22H30N4O4. The van der Waals surface area contributed by atoms with Crippen molar-refractivity contribution in [2.24, 2.45) is 0 Å². The van der Waals surface area contributed by atoms with Crippen molar-refractivity contribution in [3.63, 3.8) is 0 Å². The first-order valence-electron chi connectivity index (χ1n) is 10.1. The van der Waals surface area contributed by atoms with E-state index in [2.05, 4.69) is 10.2 Å². The Morgan fingerprint density at radius 1 is 1.03 bits per heavy atom. The summed E-state index contributed by atoms with van der Waals surface area (Å²) in [6, 6.07) is 11.5. The molecule has 30 heavy (non-hydrogen) atoms. The van der Waals surface area contributed by atoms with E-state index in [1.807, 2.05) is 55.3 Å². The largest absolute Gasteiger partial charge is 0.465 e. The number of nitrogens with zero attached hydrogens (tertiary/aromatic N) is 3. The summed E-state index contributed by atoms with van der Waals surface area (Å²) in [6.07, 6.45) is 0. The summed E-state index contributed by atoms with van der Waals surface area (Å²) in [5.74, 6) is 1.30. The van der Waals surface area contributed by atoms with E-state index in [0.29, 0.717) is 12.2 Å². The molecule has 2 amide bonds. The fourth-order valence-corrected chi connectivity index (χ4v) is 3.32. The number of anilines is 2. The van der Waals surface area contributed by atoms with E-state index in [4.69, 9.17) is 9.15 Å². The molecule has 8 nitrogen and oxygen atoms in total. The number of carbonyl (C=O) groups is 2. The van der Waals surface area contributed by atoms with Crippen molar-refractivity contribution in [1.82, 2.24) is 9.80 Å². The number of likely N-dealkylation sites (N-methyl/N-ethyl adjacent to an activating group) is 2. The van der Waals surface area contributed by atoms with E-state index in [0.717, 1.165) is 43.5 Å². The maximum Gasteiger partial charge on any atom is 0.243 e. The van der Waals surface area contributed by atoms with Gasteiger partial charge in [-0.2, -0.15) is 0 Å². The van der Waals surface area contributed by atoms with E-state index >= 15 is 0 Å². The molecule has 0 atom stereocenters. The number of furan rings is 1. The van der Waals surface area contributed by atoms with Crippen LogP contribution in [-0.4, -0.2) is 75.1 Å². The fraction of sp³-hybridized carbons (Fsp3) is 0.455. The normalized spacial score (nSPS) is 14.1. The summed E-state index contributed by atoms with van der Waals surface area (Å²) < 4.78 is 10.9. The molecule has 0 unspecified atom stereocenters. The molecule has 0 radical (unpaired) electrons. The lowest BCUT2D eigenvalue weighted by Crippen LogP contribution is -2.40. The summed E-state index contributed by atoms with van der Waals surface area (Å²) in [5, 5.41) is 2.85. The summed E-state index contributed by atoms with van der Waals surface area (Å²) >= 11 is 0. The average molecular weight is 415 g/mol. The minimum atomic E-state index is -0.228. The van der Waals surface area contributed by atoms with E-state index in [9.17, 15) is 9.59 Å². The Balaban J connectivity index is 1.43. The number of nitrogens with one attached hydrogen (secondary N) is 1. The van der Waals surface area contributed by atoms with Crippen molar-refractivity contribution in [2.45, 2.75) is 13.5 Å². The van der Waals surface area contributed by atoms with Crippen molar-refractivity contribution >= 4 is 23.2 Å². The van der Waals surface area contributed by atoms with Gasteiger partial charge in [-0.25, -0.2) is 0 Å². The predicted molar refractivity (Wildman–Crippen MR) is 116 cm³/mol. The highest BCUT2D eigenvalue weighted by Gasteiger charge is 2.16. The van der Waals surface area contributed by atoms with Gasteiger partial charge in [0.05, 0.1) is 32.8 Å². The van der Waals surface area contributed by atoms with Crippen LogP contribution in [0, 0.1) is 6.92 Å². The summed E-state index contributed by atoms with van der Waals surface area (Å²) in [5.41, 5.74) is 1.82. The quantitative estimate of drug-likeness (QED) is 0.712. The monoisotopic (exact) mass is 414 g/mol. The highest BCUT2D eigenvalue weighted by Crippen LogP contribution is 2.19. The van der Waals surface area contributed by atoms with Gasteiger partial charge in [0.1, 0.15) is 11.5 Å². The molecule has 0 bridgehead atoms. The topological polar surface area (TPSA) is 78.3 Å². The van der Waals surface area contributed by atoms with Gasteiger partial charge in [0, 0.05) is 31.5 Å². The van der Waals surface area contributed by atoms with Gasteiger partial charge in [-0.05, 0) is 50.4 Å². The molecule has 8 heteroatoms. The summed E-state index contributed by atoms with van der Waals surface area (Å²) in [6.45, 7) is 5.82. The molecule has 3 rings (SSSR count). The third kappa shape index (κ3) is 6.33. The Bertz CT molecular complexity index is 843. The Morgan fingerprint density at radius 3 is 2.37 bits per heavy atom. The first kappa shape index (κ1) is 21.9. The highest BCUT2D eigenvalue weighted by atomic mass is 16.5. The molecule has 1 aromatic carbocycles. The molecule has 1 saturated heterocycles. The van der Waals surface area contributed by atoms with Gasteiger partial charge in [0.2, 0.25) is 11.8 Å². The van der Waals surface area contributed by atoms with Gasteiger partial charge in [0.15, 0.2) is 0 Å². The van der Waals surface area contributed by atoms with Crippen LogP contribution in [0.2, 0.25) is 0 Å². The van der Waals surface area contributed by atoms with Gasteiger partial charge < -0.3 is 24.3 Å². The molecule has 1 aromatic heterocycles. The highest BCUT2D eigenvalue weighted by molar-refractivity contribution is 5.94. The molecule has 0 aliphatic carbocycles. The second-order valence-electron chi connectivity index (χ2n) is 7.63. The molecule has 1 fully saturated rings. The number of amides is 2. The van der Waals surface area contributed by atoms with Crippen molar-refractivity contribution in [1.29, 1.82) is 0 Å². The van der Waals surface area contributed by atoms with Crippen molar-refractivity contribution in [3.8, 4) is 0 Å². The second kappa shape index (κ2) is 10.3. The molecule has 0 saturated carbocycles. The predicted octanol–water partition coefficient (Wildman–Crippen LogP) is 1.95. The lowest BCUT2D eigenvalue weighted by Gasteiger charge is -2.29. The molecule has 1 N–H and O–H groups in total. The van der Waals surface area contributed by atoms with Crippen molar-refractivity contribution in [2.75, 3.05) is 63.7 Å². The van der Waals surface area contributed by atoms with Crippen LogP contribution in [0.25, 0.3) is 0 Å². The number of carbonyl (C=O) groups excluding carboxylic acids is 2. The average Bonchev–Trinajstić information content (AvgIpc) is 3.13. The molecule has 2 heterocycles. The van der Waals surface area contributed by atoms with Crippen LogP contribution in [0.4, 0.5) is 11.4 Å². The Morgan fingerprint density at radius 2 is 1.73 bits per heavy atom. The van der Waals surface area contributed by atoms with E-state index in [1.165, 1.54) is 4.90 Å². The van der Waals surface area contributed by atoms with E-state index in [1.54, 1.807) is 7.05 Å². The minimum Gasteiger partial charge on any atom is -0.465 e. The molecule has 0 spiro atoms. The summed E-state index contributed by atoms with van der Waals surface area (Å²) in [4.78, 5) is 30.3. The lowest BCUT2D eigenvalue weighted by atomic mass is 10.2. The van der Waals surface area contributed by atoms with E-state index in [-0.39, 0.29) is 24.9 Å². The van der Waals surface area contributed by atoms with Crippen LogP contribution in [0.5, 0.6) is 0 Å². The van der Waals surface area contributed by atoms with Crippen LogP contribution in [-0.2, 0) is 20.9 Å². The number of hydrogen-bond acceptors (Lipinski definition) is 6. The standard InChI is InChI=1S/C22H30N4O4/c1-17-4-9-20(30-17)14-24(2)16-22(28)25(3)15-21(27)23-18-5-7-19(8-6-18)26-10-12-29-13-11-26/h4-9H,10-16H2,1-3H3,(H,23,27). The van der Waals surface area contributed by atoms with Gasteiger partial charge in [-0.15, -0.1) is 0 Å². The number of morpholine rings is 1. The van der Waals surface area contributed by atoms with Crippen LogP contribution >= 0.6 is 0 Å². The second-order valence-corrected chi connectivity index (χ2v) is 7.63. The zero-order valence-corrected chi connectivity index (χ0v) is 17.9. The van der Waals surface area contributed by atoms with Crippen LogP contribution in [0.1, 0.15) is 11.5 Å². The number of benzene rings is 1. The first-order valence-corrected chi connectivity index (χ1v) is 10.1. The Hall–Kier alpha value is -2.84. The smallest absolute Gasteiger partial charge is 0.243 e. The lowest BCUT2D eigenvalue weighted by molar-refractivity contribution is -0.134. The molecular weight excluding hydrogens is 384 g/mol. The van der Waals surface area contributed by atoms with E-state index < -0.39 is 0 Å². The number of rotatable bonds is 8. The number of ether oxygens (including phenoxy) is 1. The van der Waals surface area contributed by atoms with Gasteiger partial charge >= 0.3 is 0 Å². The van der Waals surface area contributed by atoms with Crippen molar-refractivity contribution < 1.29 is 18.7 Å². The fourth-order valence-electron chi connectivity index (χ4n) is 3.32. The zero-order valence-electron chi connectivity index (χ0n) is 17.9. The SMILES string of the molecule is Cc1ccc(CN(C)CC(=O)N(C)CC(=O)Nc2ccc(N3CCOCC3)cc2)o1. The molecule has 2 aromatic rings. The maximum atomic E-state index is 12.4. The number of aryl methyl sites for hydroxylation is 1. The first-order chi connectivity index (χ1) is 14.4. The molecule has 162 valence electrons. The van der Waals surface area contributed by atoms with Crippen molar-refractivity contribution in [3.05, 3.63) is 47.9 Å². The Kier molecular flexibility index (Phi) is 7.48. The molecule has 1 aliphatic rings. The minimum absolute atomic E-state index is 0.00223. The molecule has 1 aliphatic heterocycles. The third-order valence-electron chi connectivity index (χ3n) is 4.96. The van der Waals surface area contributed by atoms with Crippen LogP contribution < -0.4 is 10.2 Å². The summed E-state index contributed by atoms with van der Waals surface area (Å²) in [7, 11) is 3.48. The van der Waals surface area contributed by atoms with Gasteiger partial charge in [-0.1, -0.05) is 0 Å². The van der Waals surface area contributed by atoms with Gasteiger partial charge in [0.25, 0.3) is 0 Å². The number of hydrogen-bond donors (Lipinski definition) is 1. The van der Waals surface area contributed by atoms with Crippen LogP contribution in [0.3, 0.4) is 0 Å². The van der Waals surface area contributed by atoms with Gasteiger partial charge in [-0.3, -0.25) is 14.5 Å². The zero-order chi connectivity index (χ0) is 21.5. The van der Waals surface area contributed by atoms with Crippen LogP contribution in [0.15, 0.2) is 40.8 Å². The Labute approximate surface area is 177 Å².